The number of hydrogen-bond donors (Lipinski definition) is 3. The van der Waals surface area contributed by atoms with Crippen LogP contribution in [0.5, 0.6) is 0 Å². The van der Waals surface area contributed by atoms with Gasteiger partial charge in [0, 0.05) is 25.4 Å². The summed E-state index contributed by atoms with van der Waals surface area (Å²) in [6.45, 7) is 2.76. The SMILES string of the molecule is O=C(C[NH+]1CCC(NC(=O)c2ccccc2Cl)CC1)NCc1ccccc1. The van der Waals surface area contributed by atoms with Crippen LogP contribution in [0.15, 0.2) is 54.6 Å². The van der Waals surface area contributed by atoms with E-state index in [1.165, 1.54) is 4.90 Å². The quantitative estimate of drug-likeness (QED) is 0.703. The Balaban J connectivity index is 1.39. The van der Waals surface area contributed by atoms with Crippen molar-refractivity contribution in [2.45, 2.75) is 25.4 Å². The van der Waals surface area contributed by atoms with Crippen LogP contribution in [-0.2, 0) is 11.3 Å². The summed E-state index contributed by atoms with van der Waals surface area (Å²) < 4.78 is 0. The van der Waals surface area contributed by atoms with Crippen molar-refractivity contribution in [3.63, 3.8) is 0 Å². The van der Waals surface area contributed by atoms with Crippen molar-refractivity contribution in [1.29, 1.82) is 0 Å². The number of quaternary nitrogens is 1. The highest BCUT2D eigenvalue weighted by Crippen LogP contribution is 2.15. The topological polar surface area (TPSA) is 62.6 Å². The van der Waals surface area contributed by atoms with Gasteiger partial charge >= 0.3 is 0 Å². The fourth-order valence-electron chi connectivity index (χ4n) is 3.34. The molecule has 142 valence electrons. The highest BCUT2D eigenvalue weighted by molar-refractivity contribution is 6.33. The molecule has 2 amide bonds. The van der Waals surface area contributed by atoms with Crippen LogP contribution in [0.1, 0.15) is 28.8 Å². The largest absolute Gasteiger partial charge is 0.349 e. The van der Waals surface area contributed by atoms with Crippen LogP contribution in [0, 0.1) is 0 Å². The molecule has 6 heteroatoms. The van der Waals surface area contributed by atoms with Crippen molar-refractivity contribution in [1.82, 2.24) is 10.6 Å². The molecule has 3 N–H and O–H groups in total. The van der Waals surface area contributed by atoms with Crippen LogP contribution in [0.2, 0.25) is 5.02 Å². The van der Waals surface area contributed by atoms with E-state index in [9.17, 15) is 9.59 Å². The van der Waals surface area contributed by atoms with Gasteiger partial charge in [-0.3, -0.25) is 9.59 Å². The Bertz CT molecular complexity index is 774. The van der Waals surface area contributed by atoms with Crippen LogP contribution < -0.4 is 15.5 Å². The molecule has 0 radical (unpaired) electrons. The minimum Gasteiger partial charge on any atom is -0.349 e. The molecule has 1 saturated heterocycles. The molecule has 1 fully saturated rings. The van der Waals surface area contributed by atoms with Gasteiger partial charge < -0.3 is 15.5 Å². The molecule has 5 nitrogen and oxygen atoms in total. The number of rotatable bonds is 6. The number of halogens is 1. The molecule has 1 aliphatic heterocycles. The first-order valence-corrected chi connectivity index (χ1v) is 9.69. The number of piperidine rings is 1. The van der Waals surface area contributed by atoms with Crippen LogP contribution in [-0.4, -0.2) is 37.5 Å². The third-order valence-corrected chi connectivity index (χ3v) is 5.22. The van der Waals surface area contributed by atoms with Gasteiger partial charge in [0.05, 0.1) is 23.7 Å². The van der Waals surface area contributed by atoms with E-state index in [0.29, 0.717) is 23.7 Å². The summed E-state index contributed by atoms with van der Waals surface area (Å²) in [6, 6.07) is 17.1. The monoisotopic (exact) mass is 386 g/mol. The third-order valence-electron chi connectivity index (χ3n) is 4.89. The number of hydrogen-bond acceptors (Lipinski definition) is 2. The van der Waals surface area contributed by atoms with Crippen molar-refractivity contribution >= 4 is 23.4 Å². The lowest BCUT2D eigenvalue weighted by atomic mass is 10.0. The Hall–Kier alpha value is -2.37. The van der Waals surface area contributed by atoms with E-state index in [4.69, 9.17) is 11.6 Å². The van der Waals surface area contributed by atoms with Crippen molar-refractivity contribution in [2.24, 2.45) is 0 Å². The Morgan fingerprint density at radius 1 is 1.00 bits per heavy atom. The van der Waals surface area contributed by atoms with Crippen LogP contribution in [0.25, 0.3) is 0 Å². The minimum atomic E-state index is -0.130. The van der Waals surface area contributed by atoms with Crippen molar-refractivity contribution in [3.05, 3.63) is 70.7 Å². The third kappa shape index (κ3) is 5.81. The maximum atomic E-state index is 12.3. The van der Waals surface area contributed by atoms with Crippen molar-refractivity contribution < 1.29 is 14.5 Å². The molecular weight excluding hydrogens is 362 g/mol. The summed E-state index contributed by atoms with van der Waals surface area (Å²) in [4.78, 5) is 25.8. The zero-order valence-electron chi connectivity index (χ0n) is 15.2. The molecule has 0 aromatic heterocycles. The molecule has 0 bridgehead atoms. The fraction of sp³-hybridized carbons (Fsp3) is 0.333. The van der Waals surface area contributed by atoms with Crippen molar-refractivity contribution in [2.75, 3.05) is 19.6 Å². The first-order valence-electron chi connectivity index (χ1n) is 9.31. The normalized spacial score (nSPS) is 19.3. The Labute approximate surface area is 164 Å². The summed E-state index contributed by atoms with van der Waals surface area (Å²) in [7, 11) is 0. The molecule has 0 spiro atoms. The number of carbonyl (C=O) groups is 2. The van der Waals surface area contributed by atoms with E-state index in [-0.39, 0.29) is 17.9 Å². The van der Waals surface area contributed by atoms with Gasteiger partial charge in [-0.2, -0.15) is 0 Å². The lowest BCUT2D eigenvalue weighted by molar-refractivity contribution is -0.897. The maximum Gasteiger partial charge on any atom is 0.275 e. The minimum absolute atomic E-state index is 0.0624. The van der Waals surface area contributed by atoms with Crippen LogP contribution in [0.4, 0.5) is 0 Å². The highest BCUT2D eigenvalue weighted by Gasteiger charge is 2.25. The van der Waals surface area contributed by atoms with Gasteiger partial charge in [0.15, 0.2) is 6.54 Å². The summed E-state index contributed by atoms with van der Waals surface area (Å²) in [5, 5.41) is 6.50. The summed E-state index contributed by atoms with van der Waals surface area (Å²) >= 11 is 6.08. The second-order valence-corrected chi connectivity index (χ2v) is 7.32. The molecule has 2 aromatic carbocycles. The molecule has 1 aliphatic rings. The van der Waals surface area contributed by atoms with E-state index >= 15 is 0 Å². The van der Waals surface area contributed by atoms with E-state index in [0.717, 1.165) is 31.5 Å². The number of benzene rings is 2. The molecule has 27 heavy (non-hydrogen) atoms. The van der Waals surface area contributed by atoms with E-state index in [1.807, 2.05) is 42.5 Å². The van der Waals surface area contributed by atoms with Gasteiger partial charge in [0.1, 0.15) is 0 Å². The van der Waals surface area contributed by atoms with Gasteiger partial charge in [0.25, 0.3) is 11.8 Å². The number of amides is 2. The lowest BCUT2D eigenvalue weighted by Crippen LogP contribution is -3.14. The average molecular weight is 387 g/mol. The second-order valence-electron chi connectivity index (χ2n) is 6.92. The summed E-state index contributed by atoms with van der Waals surface area (Å²) in [5.74, 6) is -0.0675. The van der Waals surface area contributed by atoms with Crippen molar-refractivity contribution in [3.8, 4) is 0 Å². The number of nitrogens with one attached hydrogen (secondary N) is 3. The zero-order valence-corrected chi connectivity index (χ0v) is 16.0. The predicted molar refractivity (Wildman–Crippen MR) is 106 cm³/mol. The molecule has 0 atom stereocenters. The molecule has 0 aliphatic carbocycles. The zero-order chi connectivity index (χ0) is 19.1. The van der Waals surface area contributed by atoms with Gasteiger partial charge in [-0.1, -0.05) is 54.1 Å². The van der Waals surface area contributed by atoms with Gasteiger partial charge in [-0.05, 0) is 17.7 Å². The summed E-state index contributed by atoms with van der Waals surface area (Å²) in [5.41, 5.74) is 1.61. The van der Waals surface area contributed by atoms with Gasteiger partial charge in [-0.25, -0.2) is 0 Å². The first-order chi connectivity index (χ1) is 13.1. The fourth-order valence-corrected chi connectivity index (χ4v) is 3.56. The van der Waals surface area contributed by atoms with E-state index in [1.54, 1.807) is 12.1 Å². The van der Waals surface area contributed by atoms with Crippen LogP contribution in [0.3, 0.4) is 0 Å². The smallest absolute Gasteiger partial charge is 0.275 e. The number of likely N-dealkylation sites (tertiary alicyclic amines) is 1. The van der Waals surface area contributed by atoms with Gasteiger partial charge in [0.2, 0.25) is 0 Å². The van der Waals surface area contributed by atoms with E-state index < -0.39 is 0 Å². The second kappa shape index (κ2) is 9.53. The first kappa shape index (κ1) is 19.4. The van der Waals surface area contributed by atoms with E-state index in [2.05, 4.69) is 10.6 Å². The maximum absolute atomic E-state index is 12.3. The molecule has 3 rings (SSSR count). The Morgan fingerprint density at radius 2 is 1.67 bits per heavy atom. The molecule has 0 saturated carbocycles. The van der Waals surface area contributed by atoms with Gasteiger partial charge in [-0.15, -0.1) is 0 Å². The predicted octanol–water partition coefficient (Wildman–Crippen LogP) is 1.43. The molecule has 1 heterocycles. The lowest BCUT2D eigenvalue weighted by Gasteiger charge is -2.29. The van der Waals surface area contributed by atoms with Crippen LogP contribution >= 0.6 is 11.6 Å². The summed E-state index contributed by atoms with van der Waals surface area (Å²) in [6.07, 6.45) is 1.72. The Kier molecular flexibility index (Phi) is 6.85. The molecule has 0 unspecified atom stereocenters. The highest BCUT2D eigenvalue weighted by atomic mass is 35.5. The molecule has 2 aromatic rings. The molecular formula is C21H25ClN3O2+. The average Bonchev–Trinajstić information content (AvgIpc) is 2.69. The number of carbonyl (C=O) groups excluding carboxylic acids is 2. The Morgan fingerprint density at radius 3 is 2.37 bits per heavy atom. The standard InChI is InChI=1S/C21H24ClN3O2/c22-19-9-5-4-8-18(19)21(27)24-17-10-12-25(13-11-17)15-20(26)23-14-16-6-2-1-3-7-16/h1-9,17H,10-15H2,(H,23,26)(H,24,27)/p+1.